The fourth-order valence-corrected chi connectivity index (χ4v) is 2.57. The molecule has 0 fully saturated rings. The highest BCUT2D eigenvalue weighted by Gasteiger charge is 2.20. The van der Waals surface area contributed by atoms with Crippen LogP contribution in [0.15, 0.2) is 72.8 Å². The van der Waals surface area contributed by atoms with Crippen LogP contribution in [0.2, 0.25) is 0 Å². The molecule has 132 valence electrons. The number of amides is 1. The molecule has 0 saturated carbocycles. The molecule has 0 aliphatic heterocycles. The van der Waals surface area contributed by atoms with Crippen LogP contribution in [-0.2, 0) is 0 Å². The first kappa shape index (κ1) is 17.5. The monoisotopic (exact) mass is 351 g/mol. The highest BCUT2D eigenvalue weighted by atomic mass is 19.1. The van der Waals surface area contributed by atoms with Gasteiger partial charge in [0.25, 0.3) is 5.91 Å². The van der Waals surface area contributed by atoms with Gasteiger partial charge in [0.1, 0.15) is 17.3 Å². The van der Waals surface area contributed by atoms with Crippen LogP contribution >= 0.6 is 0 Å². The van der Waals surface area contributed by atoms with E-state index >= 15 is 0 Å². The Balaban J connectivity index is 2.03. The molecule has 0 aliphatic rings. The number of anilines is 2. The van der Waals surface area contributed by atoms with Gasteiger partial charge in [0, 0.05) is 16.9 Å². The Kier molecular flexibility index (Phi) is 5.17. The molecule has 0 aromatic heterocycles. The van der Waals surface area contributed by atoms with Crippen molar-refractivity contribution in [3.05, 3.63) is 84.2 Å². The van der Waals surface area contributed by atoms with Crippen molar-refractivity contribution in [1.82, 2.24) is 0 Å². The fraction of sp³-hybridized carbons (Fsp3) is 0.0952. The third-order valence-electron chi connectivity index (χ3n) is 3.96. The van der Waals surface area contributed by atoms with E-state index in [1.807, 2.05) is 0 Å². The zero-order valence-electron chi connectivity index (χ0n) is 14.5. The van der Waals surface area contributed by atoms with E-state index in [0.29, 0.717) is 28.4 Å². The number of carbonyl (C=O) groups excluding carboxylic acids is 1. The second-order valence-electron chi connectivity index (χ2n) is 5.54. The maximum absolute atomic E-state index is 13.3. The first-order chi connectivity index (χ1) is 12.6. The Morgan fingerprint density at radius 2 is 1.15 bits per heavy atom. The zero-order chi connectivity index (χ0) is 18.5. The summed E-state index contributed by atoms with van der Waals surface area (Å²) in [4.78, 5) is 14.7. The number of hydrogen-bond acceptors (Lipinski definition) is 3. The lowest BCUT2D eigenvalue weighted by Gasteiger charge is -2.23. The van der Waals surface area contributed by atoms with Gasteiger partial charge in [-0.3, -0.25) is 9.69 Å². The smallest absolute Gasteiger partial charge is 0.262 e. The average molecular weight is 351 g/mol. The topological polar surface area (TPSA) is 38.8 Å². The van der Waals surface area contributed by atoms with Crippen molar-refractivity contribution in [1.29, 1.82) is 0 Å². The third-order valence-corrected chi connectivity index (χ3v) is 3.96. The van der Waals surface area contributed by atoms with Crippen molar-refractivity contribution in [2.45, 2.75) is 0 Å². The minimum Gasteiger partial charge on any atom is -0.497 e. The molecule has 3 aromatic rings. The SMILES string of the molecule is COc1ccc(C(=O)N(c2ccc(F)cc2)c2ccc(OC)cc2)cc1. The second kappa shape index (κ2) is 7.70. The summed E-state index contributed by atoms with van der Waals surface area (Å²) in [7, 11) is 3.15. The molecule has 0 N–H and O–H groups in total. The van der Waals surface area contributed by atoms with Gasteiger partial charge in [-0.15, -0.1) is 0 Å². The van der Waals surface area contributed by atoms with E-state index in [1.54, 1.807) is 74.9 Å². The number of halogens is 1. The van der Waals surface area contributed by atoms with Crippen molar-refractivity contribution in [3.8, 4) is 11.5 Å². The molecule has 0 unspecified atom stereocenters. The molecule has 0 spiro atoms. The summed E-state index contributed by atoms with van der Waals surface area (Å²) in [5, 5.41) is 0. The van der Waals surface area contributed by atoms with E-state index in [4.69, 9.17) is 9.47 Å². The molecule has 0 radical (unpaired) electrons. The molecule has 3 rings (SSSR count). The quantitative estimate of drug-likeness (QED) is 0.661. The third kappa shape index (κ3) is 3.67. The van der Waals surface area contributed by atoms with E-state index in [9.17, 15) is 9.18 Å². The summed E-state index contributed by atoms with van der Waals surface area (Å²) in [6.07, 6.45) is 0. The maximum atomic E-state index is 13.3. The standard InChI is InChI=1S/C21H18FNO3/c1-25-19-11-3-15(4-12-19)21(24)23(17-7-5-16(22)6-8-17)18-9-13-20(26-2)14-10-18/h3-14H,1-2H3. The summed E-state index contributed by atoms with van der Waals surface area (Å²) < 4.78 is 23.6. The lowest BCUT2D eigenvalue weighted by molar-refractivity contribution is 0.0999. The number of methoxy groups -OCH3 is 2. The summed E-state index contributed by atoms with van der Waals surface area (Å²) in [5.41, 5.74) is 1.71. The second-order valence-corrected chi connectivity index (χ2v) is 5.54. The van der Waals surface area contributed by atoms with Crippen LogP contribution in [0.4, 0.5) is 15.8 Å². The van der Waals surface area contributed by atoms with Crippen LogP contribution in [0.1, 0.15) is 10.4 Å². The predicted molar refractivity (Wildman–Crippen MR) is 98.9 cm³/mol. The number of rotatable bonds is 5. The first-order valence-corrected chi connectivity index (χ1v) is 8.00. The number of benzene rings is 3. The van der Waals surface area contributed by atoms with Gasteiger partial charge in [-0.25, -0.2) is 4.39 Å². The zero-order valence-corrected chi connectivity index (χ0v) is 14.5. The van der Waals surface area contributed by atoms with E-state index in [0.717, 1.165) is 0 Å². The van der Waals surface area contributed by atoms with Gasteiger partial charge in [-0.05, 0) is 72.8 Å². The summed E-state index contributed by atoms with van der Waals surface area (Å²) in [5.74, 6) is 0.758. The van der Waals surface area contributed by atoms with Gasteiger partial charge >= 0.3 is 0 Å². The number of hydrogen-bond donors (Lipinski definition) is 0. The Bertz CT molecular complexity index is 875. The Morgan fingerprint density at radius 3 is 1.62 bits per heavy atom. The number of carbonyl (C=O) groups is 1. The Labute approximate surface area is 151 Å². The molecule has 5 heteroatoms. The van der Waals surface area contributed by atoms with Crippen molar-refractivity contribution >= 4 is 17.3 Å². The van der Waals surface area contributed by atoms with Crippen molar-refractivity contribution in [3.63, 3.8) is 0 Å². The molecule has 0 bridgehead atoms. The minimum absolute atomic E-state index is 0.232. The maximum Gasteiger partial charge on any atom is 0.262 e. The van der Waals surface area contributed by atoms with Gasteiger partial charge < -0.3 is 9.47 Å². The van der Waals surface area contributed by atoms with E-state index < -0.39 is 0 Å². The highest BCUT2D eigenvalue weighted by molar-refractivity contribution is 6.10. The first-order valence-electron chi connectivity index (χ1n) is 8.00. The van der Waals surface area contributed by atoms with Gasteiger partial charge in [0.15, 0.2) is 0 Å². The normalized spacial score (nSPS) is 10.3. The van der Waals surface area contributed by atoms with E-state index in [1.165, 1.54) is 17.0 Å². The molecular formula is C21H18FNO3. The van der Waals surface area contributed by atoms with Gasteiger partial charge in [-0.2, -0.15) is 0 Å². The average Bonchev–Trinajstić information content (AvgIpc) is 2.70. The minimum atomic E-state index is -0.361. The van der Waals surface area contributed by atoms with Crippen LogP contribution < -0.4 is 14.4 Å². The van der Waals surface area contributed by atoms with Gasteiger partial charge in [-0.1, -0.05) is 0 Å². The Morgan fingerprint density at radius 1 is 0.731 bits per heavy atom. The predicted octanol–water partition coefficient (Wildman–Crippen LogP) is 4.82. The number of nitrogens with zero attached hydrogens (tertiary/aromatic N) is 1. The molecule has 0 heterocycles. The van der Waals surface area contributed by atoms with Gasteiger partial charge in [0.05, 0.1) is 14.2 Å². The molecule has 1 amide bonds. The van der Waals surface area contributed by atoms with Crippen LogP contribution in [0.25, 0.3) is 0 Å². The molecule has 0 atom stereocenters. The van der Waals surface area contributed by atoms with Crippen LogP contribution in [-0.4, -0.2) is 20.1 Å². The molecular weight excluding hydrogens is 333 g/mol. The molecule has 26 heavy (non-hydrogen) atoms. The van der Waals surface area contributed by atoms with Crippen LogP contribution in [0.5, 0.6) is 11.5 Å². The molecule has 3 aromatic carbocycles. The molecule has 0 saturated heterocycles. The van der Waals surface area contributed by atoms with E-state index in [2.05, 4.69) is 0 Å². The van der Waals surface area contributed by atoms with Crippen molar-refractivity contribution < 1.29 is 18.7 Å². The van der Waals surface area contributed by atoms with Gasteiger partial charge in [0.2, 0.25) is 0 Å². The van der Waals surface area contributed by atoms with E-state index in [-0.39, 0.29) is 11.7 Å². The number of ether oxygens (including phenoxy) is 2. The highest BCUT2D eigenvalue weighted by Crippen LogP contribution is 2.29. The lowest BCUT2D eigenvalue weighted by atomic mass is 10.1. The van der Waals surface area contributed by atoms with Crippen LogP contribution in [0, 0.1) is 5.82 Å². The van der Waals surface area contributed by atoms with Crippen molar-refractivity contribution in [2.24, 2.45) is 0 Å². The molecule has 0 aliphatic carbocycles. The van der Waals surface area contributed by atoms with Crippen molar-refractivity contribution in [2.75, 3.05) is 19.1 Å². The lowest BCUT2D eigenvalue weighted by Crippen LogP contribution is -2.25. The summed E-state index contributed by atoms with van der Waals surface area (Å²) in [6, 6.07) is 19.7. The largest absolute Gasteiger partial charge is 0.497 e. The fourth-order valence-electron chi connectivity index (χ4n) is 2.57. The summed E-state index contributed by atoms with van der Waals surface area (Å²) in [6.45, 7) is 0. The molecule has 4 nitrogen and oxygen atoms in total. The Hall–Kier alpha value is -3.34. The van der Waals surface area contributed by atoms with Crippen LogP contribution in [0.3, 0.4) is 0 Å². The summed E-state index contributed by atoms with van der Waals surface area (Å²) >= 11 is 0.